The third-order valence-corrected chi connectivity index (χ3v) is 2.42. The highest BCUT2D eigenvalue weighted by Gasteiger charge is 2.09. The molecule has 112 valence electrons. The fourth-order valence-corrected chi connectivity index (χ4v) is 1.37. The zero-order valence-corrected chi connectivity index (χ0v) is 12.6. The summed E-state index contributed by atoms with van der Waals surface area (Å²) in [6.45, 7) is 1.90. The highest BCUT2D eigenvalue weighted by Crippen LogP contribution is 2.05. The Labute approximate surface area is 127 Å². The van der Waals surface area contributed by atoms with Crippen LogP contribution in [0.1, 0.15) is 32.6 Å². The van der Waals surface area contributed by atoms with Crippen molar-refractivity contribution in [3.05, 3.63) is 36.5 Å². The normalized spacial score (nSPS) is 12.0. The van der Waals surface area contributed by atoms with Gasteiger partial charge < -0.3 is 9.84 Å². The van der Waals surface area contributed by atoms with E-state index in [1.54, 1.807) is 12.2 Å². The molecule has 0 rings (SSSR count). The van der Waals surface area contributed by atoms with Gasteiger partial charge in [0.15, 0.2) is 0 Å². The third-order valence-electron chi connectivity index (χ3n) is 2.42. The molecule has 0 saturated heterocycles. The number of methoxy groups -OCH3 is 1. The van der Waals surface area contributed by atoms with E-state index >= 15 is 0 Å². The predicted molar refractivity (Wildman–Crippen MR) is 85.1 cm³/mol. The van der Waals surface area contributed by atoms with Crippen molar-refractivity contribution in [3.8, 4) is 23.7 Å². The molecule has 0 aromatic rings. The van der Waals surface area contributed by atoms with E-state index in [4.69, 9.17) is 0 Å². The first-order chi connectivity index (χ1) is 10.2. The first-order valence-corrected chi connectivity index (χ1v) is 6.89. The average Bonchev–Trinajstić information content (AvgIpc) is 2.48. The van der Waals surface area contributed by atoms with Crippen LogP contribution in [0.2, 0.25) is 0 Å². The average molecular weight is 286 g/mol. The summed E-state index contributed by atoms with van der Waals surface area (Å²) in [5.74, 6) is 10.6. The lowest BCUT2D eigenvalue weighted by atomic mass is 10.1. The second-order valence-corrected chi connectivity index (χ2v) is 4.19. The van der Waals surface area contributed by atoms with Gasteiger partial charge in [-0.05, 0) is 50.2 Å². The van der Waals surface area contributed by atoms with Crippen LogP contribution in [0.3, 0.4) is 0 Å². The van der Waals surface area contributed by atoms with E-state index in [2.05, 4.69) is 28.4 Å². The highest BCUT2D eigenvalue weighted by molar-refractivity contribution is 5.69. The number of esters is 1. The van der Waals surface area contributed by atoms with E-state index in [0.717, 1.165) is 12.8 Å². The molecule has 0 aliphatic carbocycles. The maximum Gasteiger partial charge on any atom is 0.308 e. The van der Waals surface area contributed by atoms with Crippen molar-refractivity contribution >= 4 is 5.97 Å². The fourth-order valence-electron chi connectivity index (χ4n) is 1.37. The summed E-state index contributed by atoms with van der Waals surface area (Å²) < 4.78 is 4.49. The summed E-state index contributed by atoms with van der Waals surface area (Å²) in [5.41, 5.74) is 0. The molecule has 0 unspecified atom stereocenters. The minimum Gasteiger partial charge on any atom is -0.469 e. The van der Waals surface area contributed by atoms with Crippen LogP contribution < -0.4 is 0 Å². The van der Waals surface area contributed by atoms with Crippen LogP contribution >= 0.6 is 0 Å². The van der Waals surface area contributed by atoms with Gasteiger partial charge in [-0.2, -0.15) is 0 Å². The minimum atomic E-state index is -0.622. The van der Waals surface area contributed by atoms with E-state index in [9.17, 15) is 9.90 Å². The number of aliphatic hydroxyl groups is 1. The molecule has 0 amide bonds. The Bertz CT molecular complexity index is 490. The molecule has 1 N–H and O–H groups in total. The van der Waals surface area contributed by atoms with Crippen molar-refractivity contribution in [2.45, 2.75) is 38.7 Å². The van der Waals surface area contributed by atoms with E-state index in [-0.39, 0.29) is 12.4 Å². The summed E-state index contributed by atoms with van der Waals surface area (Å²) in [7, 11) is 1.32. The van der Waals surface area contributed by atoms with Crippen molar-refractivity contribution in [1.29, 1.82) is 0 Å². The first kappa shape index (κ1) is 18.8. The lowest BCUT2D eigenvalue weighted by molar-refractivity contribution is -0.142. The molecular weight excluding hydrogens is 264 g/mol. The molecule has 0 aromatic heterocycles. The lowest BCUT2D eigenvalue weighted by Crippen LogP contribution is -2.14. The highest BCUT2D eigenvalue weighted by atomic mass is 16.5. The van der Waals surface area contributed by atoms with Crippen molar-refractivity contribution in [1.82, 2.24) is 0 Å². The van der Waals surface area contributed by atoms with Crippen LogP contribution in [-0.2, 0) is 9.53 Å². The maximum atomic E-state index is 10.9. The molecule has 21 heavy (non-hydrogen) atoms. The number of hydrogen-bond donors (Lipinski definition) is 1. The van der Waals surface area contributed by atoms with Crippen LogP contribution in [0.5, 0.6) is 0 Å². The standard InChI is InChI=1S/C18H22O3/c1-3-4-5-6-7-8-9-10-11-12-13-14-15-17(19)16-18(20)21-2/h3-4,9-12,17,19H,13-16H2,1-2H3/b4-3+,10-9+,12-11+/t17-/m1/s1. The number of aliphatic hydroxyl groups excluding tert-OH is 1. The lowest BCUT2D eigenvalue weighted by Gasteiger charge is -2.07. The molecule has 3 heteroatoms. The van der Waals surface area contributed by atoms with Crippen LogP contribution in [0, 0.1) is 23.7 Å². The van der Waals surface area contributed by atoms with Gasteiger partial charge in [-0.1, -0.05) is 36.1 Å². The monoisotopic (exact) mass is 286 g/mol. The van der Waals surface area contributed by atoms with Gasteiger partial charge in [-0.3, -0.25) is 4.79 Å². The number of allylic oxidation sites excluding steroid dienone is 6. The first-order valence-electron chi connectivity index (χ1n) is 6.89. The summed E-state index contributed by atoms with van der Waals surface area (Å²) in [6, 6.07) is 0. The third kappa shape index (κ3) is 14.0. The Kier molecular flexibility index (Phi) is 12.7. The van der Waals surface area contributed by atoms with Crippen molar-refractivity contribution in [3.63, 3.8) is 0 Å². The Balaban J connectivity index is 3.74. The van der Waals surface area contributed by atoms with Gasteiger partial charge in [-0.25, -0.2) is 0 Å². The number of ether oxygens (including phenoxy) is 1. The number of carbonyl (C=O) groups excluding carboxylic acids is 1. The van der Waals surface area contributed by atoms with Crippen LogP contribution in [-0.4, -0.2) is 24.3 Å². The predicted octanol–water partition coefficient (Wildman–Crippen LogP) is 2.78. The van der Waals surface area contributed by atoms with Crippen molar-refractivity contribution < 1.29 is 14.6 Å². The van der Waals surface area contributed by atoms with Gasteiger partial charge in [0.05, 0.1) is 19.6 Å². The summed E-state index contributed by atoms with van der Waals surface area (Å²) >= 11 is 0. The number of carbonyl (C=O) groups is 1. The number of rotatable bonds is 7. The molecule has 0 radical (unpaired) electrons. The van der Waals surface area contributed by atoms with Gasteiger partial charge in [0, 0.05) is 0 Å². The van der Waals surface area contributed by atoms with Gasteiger partial charge in [-0.15, -0.1) is 0 Å². The second-order valence-electron chi connectivity index (χ2n) is 4.19. The van der Waals surface area contributed by atoms with Crippen molar-refractivity contribution in [2.24, 2.45) is 0 Å². The van der Waals surface area contributed by atoms with E-state index < -0.39 is 6.10 Å². The molecule has 0 bridgehead atoms. The number of unbranched alkanes of at least 4 members (excludes halogenated alkanes) is 1. The minimum absolute atomic E-state index is 0.0595. The largest absolute Gasteiger partial charge is 0.469 e. The fraction of sp³-hybridized carbons (Fsp3) is 0.389. The van der Waals surface area contributed by atoms with Gasteiger partial charge in [0.1, 0.15) is 0 Å². The van der Waals surface area contributed by atoms with Gasteiger partial charge >= 0.3 is 5.97 Å². The molecule has 1 atom stereocenters. The smallest absolute Gasteiger partial charge is 0.308 e. The Morgan fingerprint density at radius 3 is 2.62 bits per heavy atom. The maximum absolute atomic E-state index is 10.9. The Hall–Kier alpha value is -2.23. The quantitative estimate of drug-likeness (QED) is 0.339. The molecular formula is C18H22O3. The SMILES string of the molecule is C/C=C/C#CC#C/C=C/C=C/CCC[C@@H](O)CC(=O)OC. The topological polar surface area (TPSA) is 46.5 Å². The number of hydrogen-bond acceptors (Lipinski definition) is 3. The molecule has 3 nitrogen and oxygen atoms in total. The second kappa shape index (κ2) is 14.2. The van der Waals surface area contributed by atoms with Crippen LogP contribution in [0.4, 0.5) is 0 Å². The molecule has 0 fully saturated rings. The van der Waals surface area contributed by atoms with Crippen LogP contribution in [0.15, 0.2) is 36.5 Å². The van der Waals surface area contributed by atoms with Crippen molar-refractivity contribution in [2.75, 3.05) is 7.11 Å². The molecule has 0 heterocycles. The van der Waals surface area contributed by atoms with Gasteiger partial charge in [0.2, 0.25) is 0 Å². The summed E-state index contributed by atoms with van der Waals surface area (Å²) in [4.78, 5) is 10.9. The molecule has 0 spiro atoms. The Morgan fingerprint density at radius 2 is 1.95 bits per heavy atom. The summed E-state index contributed by atoms with van der Waals surface area (Å²) in [5, 5.41) is 9.54. The van der Waals surface area contributed by atoms with E-state index in [1.807, 2.05) is 31.2 Å². The molecule has 0 saturated carbocycles. The van der Waals surface area contributed by atoms with E-state index in [1.165, 1.54) is 7.11 Å². The van der Waals surface area contributed by atoms with E-state index in [0.29, 0.717) is 6.42 Å². The zero-order valence-electron chi connectivity index (χ0n) is 12.6. The summed E-state index contributed by atoms with van der Waals surface area (Å²) in [6.07, 6.45) is 12.8. The zero-order chi connectivity index (χ0) is 15.8. The Morgan fingerprint density at radius 1 is 1.24 bits per heavy atom. The van der Waals surface area contributed by atoms with Crippen LogP contribution in [0.25, 0.3) is 0 Å². The van der Waals surface area contributed by atoms with Gasteiger partial charge in [0.25, 0.3) is 0 Å². The molecule has 0 aliphatic rings. The molecule has 0 aromatic carbocycles. The molecule has 0 aliphatic heterocycles.